The largest absolute Gasteiger partial charge is 0.485 e. The van der Waals surface area contributed by atoms with Gasteiger partial charge in [-0.15, -0.1) is 10.2 Å². The van der Waals surface area contributed by atoms with Crippen LogP contribution in [0.3, 0.4) is 0 Å². The maximum atomic E-state index is 13.1. The van der Waals surface area contributed by atoms with Crippen LogP contribution in [-0.2, 0) is 4.79 Å². The van der Waals surface area contributed by atoms with Gasteiger partial charge in [-0.2, -0.15) is 0 Å². The van der Waals surface area contributed by atoms with E-state index in [0.29, 0.717) is 17.2 Å². The molecule has 1 N–H and O–H groups in total. The van der Waals surface area contributed by atoms with Crippen molar-refractivity contribution < 1.29 is 23.1 Å². The Labute approximate surface area is 157 Å². The van der Waals surface area contributed by atoms with Gasteiger partial charge in [-0.1, -0.05) is 30.0 Å². The molecule has 27 heavy (non-hydrogen) atoms. The average Bonchev–Trinajstić information content (AvgIpc) is 3.15. The topological polar surface area (TPSA) is 86.5 Å². The second kappa shape index (κ2) is 7.67. The fourth-order valence-electron chi connectivity index (χ4n) is 2.44. The summed E-state index contributed by atoms with van der Waals surface area (Å²) < 4.78 is 30.1. The third kappa shape index (κ3) is 4.20. The first-order chi connectivity index (χ1) is 13.2. The highest BCUT2D eigenvalue weighted by molar-refractivity contribution is 7.99. The fourth-order valence-corrected chi connectivity index (χ4v) is 3.01. The van der Waals surface area contributed by atoms with Crippen molar-refractivity contribution in [3.63, 3.8) is 0 Å². The summed E-state index contributed by atoms with van der Waals surface area (Å²) >= 11 is 1.08. The van der Waals surface area contributed by atoms with Crippen molar-refractivity contribution in [2.45, 2.75) is 11.3 Å². The van der Waals surface area contributed by atoms with Crippen molar-refractivity contribution in [1.82, 2.24) is 10.2 Å². The number of aromatic nitrogens is 2. The molecule has 0 spiro atoms. The van der Waals surface area contributed by atoms with Gasteiger partial charge >= 0.3 is 0 Å². The van der Waals surface area contributed by atoms with Crippen LogP contribution >= 0.6 is 11.8 Å². The first kappa shape index (κ1) is 17.3. The molecule has 1 amide bonds. The van der Waals surface area contributed by atoms with Crippen molar-refractivity contribution in [3.05, 3.63) is 60.2 Å². The van der Waals surface area contributed by atoms with Gasteiger partial charge in [-0.3, -0.25) is 4.79 Å². The van der Waals surface area contributed by atoms with Crippen LogP contribution in [-0.4, -0.2) is 28.5 Å². The van der Waals surface area contributed by atoms with Gasteiger partial charge < -0.3 is 19.2 Å². The van der Waals surface area contributed by atoms with E-state index in [1.165, 1.54) is 18.2 Å². The zero-order valence-electron chi connectivity index (χ0n) is 13.9. The summed E-state index contributed by atoms with van der Waals surface area (Å²) in [5.74, 6) is 0.864. The Morgan fingerprint density at radius 2 is 2.04 bits per heavy atom. The van der Waals surface area contributed by atoms with Crippen molar-refractivity contribution >= 4 is 23.4 Å². The first-order valence-electron chi connectivity index (χ1n) is 8.07. The normalized spacial score (nSPS) is 15.4. The number of carbonyl (C=O) groups is 1. The summed E-state index contributed by atoms with van der Waals surface area (Å²) in [5, 5.41) is 10.7. The van der Waals surface area contributed by atoms with E-state index < -0.39 is 11.9 Å². The number of thioether (sulfide) groups is 1. The average molecular weight is 387 g/mol. The molecular weight excluding hydrogens is 373 g/mol. The lowest BCUT2D eigenvalue weighted by Gasteiger charge is -2.23. The lowest BCUT2D eigenvalue weighted by atomic mass is 10.2. The van der Waals surface area contributed by atoms with Gasteiger partial charge in [0.1, 0.15) is 12.4 Å². The van der Waals surface area contributed by atoms with Gasteiger partial charge in [0.2, 0.25) is 12.0 Å². The Kier molecular flexibility index (Phi) is 4.93. The number of ether oxygens (including phenoxy) is 2. The van der Waals surface area contributed by atoms with E-state index in [1.807, 2.05) is 18.2 Å². The number of hydrogen-bond donors (Lipinski definition) is 1. The van der Waals surface area contributed by atoms with E-state index >= 15 is 0 Å². The molecule has 0 aliphatic carbocycles. The molecule has 2 aromatic carbocycles. The minimum atomic E-state index is -0.511. The maximum Gasteiger partial charge on any atom is 0.277 e. The second-order valence-electron chi connectivity index (χ2n) is 5.62. The quantitative estimate of drug-likeness (QED) is 0.671. The first-order valence-corrected chi connectivity index (χ1v) is 9.06. The molecule has 0 bridgehead atoms. The molecule has 1 atom stereocenters. The summed E-state index contributed by atoms with van der Waals surface area (Å²) in [6.45, 7) is 0.253. The van der Waals surface area contributed by atoms with Crippen LogP contribution in [0.15, 0.2) is 58.2 Å². The summed E-state index contributed by atoms with van der Waals surface area (Å²) in [6, 6.07) is 13.0. The van der Waals surface area contributed by atoms with Crippen LogP contribution < -0.4 is 14.8 Å². The van der Waals surface area contributed by atoms with Gasteiger partial charge in [0.25, 0.3) is 11.1 Å². The Balaban J connectivity index is 1.33. The second-order valence-corrected chi connectivity index (χ2v) is 6.54. The summed E-state index contributed by atoms with van der Waals surface area (Å²) in [7, 11) is 0. The Hall–Kier alpha value is -3.07. The van der Waals surface area contributed by atoms with Crippen LogP contribution in [0.1, 0.15) is 12.0 Å². The molecule has 0 unspecified atom stereocenters. The Morgan fingerprint density at radius 3 is 2.89 bits per heavy atom. The highest BCUT2D eigenvalue weighted by Gasteiger charge is 2.27. The summed E-state index contributed by atoms with van der Waals surface area (Å²) in [4.78, 5) is 12.0. The molecule has 3 aromatic rings. The zero-order chi connectivity index (χ0) is 18.6. The van der Waals surface area contributed by atoms with Gasteiger partial charge in [-0.25, -0.2) is 4.39 Å². The fraction of sp³-hybridized carbons (Fsp3) is 0.167. The molecule has 1 aliphatic heterocycles. The van der Waals surface area contributed by atoms with Gasteiger partial charge in [-0.05, 0) is 30.3 Å². The number of rotatable bonds is 5. The lowest BCUT2D eigenvalue weighted by Crippen LogP contribution is -2.21. The van der Waals surface area contributed by atoms with Gasteiger partial charge in [0.05, 0.1) is 5.75 Å². The van der Waals surface area contributed by atoms with Crippen molar-refractivity contribution in [2.24, 2.45) is 0 Å². The zero-order valence-corrected chi connectivity index (χ0v) is 14.7. The number of nitrogens with zero attached hydrogens (tertiary/aromatic N) is 2. The number of fused-ring (bicyclic) bond motifs is 1. The van der Waals surface area contributed by atoms with Crippen LogP contribution in [0.25, 0.3) is 0 Å². The third-order valence-electron chi connectivity index (χ3n) is 3.64. The molecular formula is C18H14FN3O4S. The van der Waals surface area contributed by atoms with E-state index in [9.17, 15) is 9.18 Å². The molecule has 7 nitrogen and oxygen atoms in total. The molecule has 4 rings (SSSR count). The lowest BCUT2D eigenvalue weighted by molar-refractivity contribution is -0.113. The predicted molar refractivity (Wildman–Crippen MR) is 95.4 cm³/mol. The minimum Gasteiger partial charge on any atom is -0.485 e. The minimum absolute atomic E-state index is 0.0446. The Bertz CT molecular complexity index is 965. The number of para-hydroxylation sites is 2. The molecule has 2 heterocycles. The van der Waals surface area contributed by atoms with Crippen LogP contribution in [0, 0.1) is 5.82 Å². The van der Waals surface area contributed by atoms with Crippen molar-refractivity contribution in [2.75, 3.05) is 17.7 Å². The molecule has 138 valence electrons. The van der Waals surface area contributed by atoms with Crippen LogP contribution in [0.5, 0.6) is 11.5 Å². The van der Waals surface area contributed by atoms with E-state index in [4.69, 9.17) is 13.9 Å². The number of hydrogen-bond acceptors (Lipinski definition) is 7. The molecule has 9 heteroatoms. The molecule has 0 saturated carbocycles. The molecule has 0 saturated heterocycles. The van der Waals surface area contributed by atoms with E-state index in [2.05, 4.69) is 15.5 Å². The monoisotopic (exact) mass is 387 g/mol. The predicted octanol–water partition coefficient (Wildman–Crippen LogP) is 3.45. The third-order valence-corrected chi connectivity index (χ3v) is 4.46. The van der Waals surface area contributed by atoms with Crippen LogP contribution in [0.4, 0.5) is 10.1 Å². The van der Waals surface area contributed by atoms with Crippen LogP contribution in [0.2, 0.25) is 0 Å². The number of amides is 1. The highest BCUT2D eigenvalue weighted by Crippen LogP contribution is 2.35. The number of halogens is 1. The van der Waals surface area contributed by atoms with E-state index in [-0.39, 0.29) is 29.4 Å². The molecule has 0 radical (unpaired) electrons. The number of carbonyl (C=O) groups excluding carboxylic acids is 1. The summed E-state index contributed by atoms with van der Waals surface area (Å²) in [5.41, 5.74) is 0.387. The number of benzene rings is 2. The Morgan fingerprint density at radius 1 is 1.19 bits per heavy atom. The van der Waals surface area contributed by atoms with E-state index in [0.717, 1.165) is 11.8 Å². The van der Waals surface area contributed by atoms with Crippen molar-refractivity contribution in [3.8, 4) is 11.5 Å². The highest BCUT2D eigenvalue weighted by atomic mass is 32.2. The van der Waals surface area contributed by atoms with Crippen molar-refractivity contribution in [1.29, 1.82) is 0 Å². The number of nitrogens with one attached hydrogen (secondary N) is 1. The maximum absolute atomic E-state index is 13.1. The standard InChI is InChI=1S/C18H14FN3O4S/c19-11-4-3-5-12(8-11)20-16(23)10-27-18-22-21-17(26-18)15-9-24-13-6-1-2-7-14(13)25-15/h1-8,15H,9-10H2,(H,20,23)/t15-/m0/s1. The van der Waals surface area contributed by atoms with E-state index in [1.54, 1.807) is 12.1 Å². The number of anilines is 1. The summed E-state index contributed by atoms with van der Waals surface area (Å²) in [6.07, 6.45) is -0.511. The molecule has 1 aromatic heterocycles. The molecule has 0 fully saturated rings. The van der Waals surface area contributed by atoms with Gasteiger partial charge in [0.15, 0.2) is 11.5 Å². The molecule has 1 aliphatic rings. The smallest absolute Gasteiger partial charge is 0.277 e. The van der Waals surface area contributed by atoms with Gasteiger partial charge in [0, 0.05) is 5.69 Å². The SMILES string of the molecule is O=C(CSc1nnc([C@@H]2COc3ccccc3O2)o1)Nc1cccc(F)c1.